The predicted octanol–water partition coefficient (Wildman–Crippen LogP) is 3.57. The molecule has 1 unspecified atom stereocenters. The maximum Gasteiger partial charge on any atom is 0.198 e. The Labute approximate surface area is 106 Å². The van der Waals surface area contributed by atoms with Gasteiger partial charge >= 0.3 is 0 Å². The molecule has 1 aliphatic heterocycles. The van der Waals surface area contributed by atoms with E-state index >= 15 is 0 Å². The molecule has 3 nitrogen and oxygen atoms in total. The molecule has 0 saturated carbocycles. The minimum absolute atomic E-state index is 0.0710. The molecule has 3 heteroatoms. The average molecular weight is 244 g/mol. The summed E-state index contributed by atoms with van der Waals surface area (Å²) < 4.78 is 11.1. The van der Waals surface area contributed by atoms with Crippen LogP contribution in [-0.4, -0.2) is 18.5 Å². The molecule has 1 fully saturated rings. The van der Waals surface area contributed by atoms with Crippen LogP contribution in [0.4, 0.5) is 0 Å². The zero-order valence-electron chi connectivity index (χ0n) is 10.2. The van der Waals surface area contributed by atoms with Crippen LogP contribution < -0.4 is 0 Å². The summed E-state index contributed by atoms with van der Waals surface area (Å²) in [5.41, 5.74) is 0.776. The molecule has 1 aromatic carbocycles. The third-order valence-electron chi connectivity index (χ3n) is 3.42. The number of para-hydroxylation sites is 1. The predicted molar refractivity (Wildman–Crippen MR) is 68.8 cm³/mol. The van der Waals surface area contributed by atoms with E-state index in [1.807, 2.05) is 30.3 Å². The van der Waals surface area contributed by atoms with Crippen LogP contribution in [0.2, 0.25) is 0 Å². The molecule has 2 aromatic rings. The smallest absolute Gasteiger partial charge is 0.198 e. The highest BCUT2D eigenvalue weighted by Gasteiger charge is 2.18. The third-order valence-corrected chi connectivity index (χ3v) is 3.42. The minimum atomic E-state index is 0.0710. The average Bonchev–Trinajstić information content (AvgIpc) is 3.04. The first kappa shape index (κ1) is 11.5. The largest absolute Gasteiger partial charge is 0.453 e. The van der Waals surface area contributed by atoms with Crippen molar-refractivity contribution in [2.24, 2.45) is 0 Å². The van der Waals surface area contributed by atoms with Crippen LogP contribution in [0.25, 0.3) is 11.0 Å². The number of hydrogen-bond donors (Lipinski definition) is 0. The lowest BCUT2D eigenvalue weighted by Gasteiger charge is -2.06. The van der Waals surface area contributed by atoms with Crippen LogP contribution in [0.1, 0.15) is 36.2 Å². The Kier molecular flexibility index (Phi) is 3.15. The van der Waals surface area contributed by atoms with E-state index in [2.05, 4.69) is 0 Å². The summed E-state index contributed by atoms with van der Waals surface area (Å²) in [6.45, 7) is 0.837. The Morgan fingerprint density at radius 2 is 2.22 bits per heavy atom. The van der Waals surface area contributed by atoms with Crippen LogP contribution in [-0.2, 0) is 4.74 Å². The molecule has 0 aliphatic carbocycles. The van der Waals surface area contributed by atoms with Crippen molar-refractivity contribution in [2.45, 2.75) is 31.8 Å². The molecule has 2 heterocycles. The molecule has 0 N–H and O–H groups in total. The molecule has 1 aromatic heterocycles. The maximum absolute atomic E-state index is 12.0. The van der Waals surface area contributed by atoms with Gasteiger partial charge in [0.2, 0.25) is 0 Å². The Morgan fingerprint density at radius 3 is 3.00 bits per heavy atom. The number of fused-ring (bicyclic) bond motifs is 1. The third kappa shape index (κ3) is 2.31. The fourth-order valence-corrected chi connectivity index (χ4v) is 2.41. The number of ether oxygens (including phenoxy) is 1. The molecular formula is C15H16O3. The minimum Gasteiger partial charge on any atom is -0.453 e. The van der Waals surface area contributed by atoms with Crippen molar-refractivity contribution < 1.29 is 13.9 Å². The van der Waals surface area contributed by atoms with E-state index in [1.165, 1.54) is 0 Å². The Bertz CT molecular complexity index is 517. The van der Waals surface area contributed by atoms with E-state index in [9.17, 15) is 4.79 Å². The summed E-state index contributed by atoms with van der Waals surface area (Å²) in [5.74, 6) is 0.538. The normalized spacial score (nSPS) is 19.4. The van der Waals surface area contributed by atoms with Gasteiger partial charge < -0.3 is 9.15 Å². The van der Waals surface area contributed by atoms with Gasteiger partial charge in [0.05, 0.1) is 6.10 Å². The molecule has 1 saturated heterocycles. The fourth-order valence-electron chi connectivity index (χ4n) is 2.41. The number of furan rings is 1. The molecule has 0 radical (unpaired) electrons. The topological polar surface area (TPSA) is 39.4 Å². The maximum atomic E-state index is 12.0. The van der Waals surface area contributed by atoms with Gasteiger partial charge in [-0.25, -0.2) is 0 Å². The summed E-state index contributed by atoms with van der Waals surface area (Å²) >= 11 is 0. The lowest BCUT2D eigenvalue weighted by Crippen LogP contribution is -2.08. The zero-order chi connectivity index (χ0) is 12.4. The quantitative estimate of drug-likeness (QED) is 0.772. The highest BCUT2D eigenvalue weighted by Crippen LogP contribution is 2.22. The zero-order valence-corrected chi connectivity index (χ0v) is 10.2. The van der Waals surface area contributed by atoms with Gasteiger partial charge in [-0.15, -0.1) is 0 Å². The van der Waals surface area contributed by atoms with E-state index in [0.29, 0.717) is 12.2 Å². The molecule has 3 rings (SSSR count). The molecule has 0 amide bonds. The summed E-state index contributed by atoms with van der Waals surface area (Å²) in [7, 11) is 0. The van der Waals surface area contributed by atoms with Gasteiger partial charge in [0.1, 0.15) is 5.58 Å². The number of rotatable bonds is 4. The van der Waals surface area contributed by atoms with Gasteiger partial charge in [0.15, 0.2) is 11.5 Å². The lowest BCUT2D eigenvalue weighted by molar-refractivity contribution is 0.0842. The monoisotopic (exact) mass is 244 g/mol. The van der Waals surface area contributed by atoms with Gasteiger partial charge in [0.25, 0.3) is 0 Å². The summed E-state index contributed by atoms with van der Waals surface area (Å²) in [6, 6.07) is 9.51. The van der Waals surface area contributed by atoms with Crippen molar-refractivity contribution in [1.29, 1.82) is 0 Å². The molecule has 0 bridgehead atoms. The Balaban J connectivity index is 1.67. The van der Waals surface area contributed by atoms with E-state index in [0.717, 1.165) is 36.8 Å². The van der Waals surface area contributed by atoms with E-state index < -0.39 is 0 Å². The van der Waals surface area contributed by atoms with Crippen LogP contribution >= 0.6 is 0 Å². The van der Waals surface area contributed by atoms with Gasteiger partial charge in [-0.05, 0) is 31.4 Å². The second-order valence-corrected chi connectivity index (χ2v) is 4.75. The Hall–Kier alpha value is -1.61. The number of carbonyl (C=O) groups excluding carboxylic acids is 1. The van der Waals surface area contributed by atoms with E-state index in [1.54, 1.807) is 0 Å². The van der Waals surface area contributed by atoms with Crippen LogP contribution in [0.15, 0.2) is 34.7 Å². The molecule has 18 heavy (non-hydrogen) atoms. The second kappa shape index (κ2) is 4.94. The van der Waals surface area contributed by atoms with E-state index in [-0.39, 0.29) is 11.9 Å². The first-order valence-corrected chi connectivity index (χ1v) is 6.46. The highest BCUT2D eigenvalue weighted by molar-refractivity contribution is 5.97. The molecular weight excluding hydrogens is 228 g/mol. The van der Waals surface area contributed by atoms with Crippen LogP contribution in [0.3, 0.4) is 0 Å². The Morgan fingerprint density at radius 1 is 1.33 bits per heavy atom. The molecule has 1 atom stereocenters. The van der Waals surface area contributed by atoms with Crippen molar-refractivity contribution in [1.82, 2.24) is 0 Å². The highest BCUT2D eigenvalue weighted by atomic mass is 16.5. The molecule has 1 aliphatic rings. The van der Waals surface area contributed by atoms with Crippen molar-refractivity contribution >= 4 is 16.8 Å². The van der Waals surface area contributed by atoms with Crippen LogP contribution in [0.5, 0.6) is 0 Å². The number of benzene rings is 1. The number of ketones is 1. The van der Waals surface area contributed by atoms with Gasteiger partial charge in [-0.2, -0.15) is 0 Å². The first-order valence-electron chi connectivity index (χ1n) is 6.46. The SMILES string of the molecule is O=C(CCC1CCCO1)c1cc2ccccc2o1. The fraction of sp³-hybridized carbons (Fsp3) is 0.400. The van der Waals surface area contributed by atoms with Crippen molar-refractivity contribution in [3.63, 3.8) is 0 Å². The second-order valence-electron chi connectivity index (χ2n) is 4.75. The standard InChI is InChI=1S/C15H16O3/c16-13(8-7-12-5-3-9-17-12)15-10-11-4-1-2-6-14(11)18-15/h1-2,4,6,10,12H,3,5,7-9H2. The number of hydrogen-bond acceptors (Lipinski definition) is 3. The number of Topliss-reactive ketones (excluding diaryl/α,β-unsaturated/α-hetero) is 1. The summed E-state index contributed by atoms with van der Waals surface area (Å²) in [6.07, 6.45) is 3.76. The van der Waals surface area contributed by atoms with Gasteiger partial charge in [-0.3, -0.25) is 4.79 Å². The van der Waals surface area contributed by atoms with Gasteiger partial charge in [-0.1, -0.05) is 18.2 Å². The lowest BCUT2D eigenvalue weighted by atomic mass is 10.1. The number of carbonyl (C=O) groups is 1. The first-order chi connectivity index (χ1) is 8.83. The molecule has 0 spiro atoms. The summed E-state index contributed by atoms with van der Waals surface area (Å²) in [5, 5.41) is 0.984. The van der Waals surface area contributed by atoms with E-state index in [4.69, 9.17) is 9.15 Å². The van der Waals surface area contributed by atoms with Crippen molar-refractivity contribution in [3.8, 4) is 0 Å². The van der Waals surface area contributed by atoms with Gasteiger partial charge in [0, 0.05) is 18.4 Å². The summed E-state index contributed by atoms with van der Waals surface area (Å²) in [4.78, 5) is 12.0. The molecule has 94 valence electrons. The van der Waals surface area contributed by atoms with Crippen molar-refractivity contribution in [3.05, 3.63) is 36.1 Å². The van der Waals surface area contributed by atoms with Crippen LogP contribution in [0, 0.1) is 0 Å². The van der Waals surface area contributed by atoms with Crippen molar-refractivity contribution in [2.75, 3.05) is 6.61 Å².